The van der Waals surface area contributed by atoms with Crippen molar-refractivity contribution in [1.29, 1.82) is 0 Å². The average molecular weight is 300 g/mol. The highest BCUT2D eigenvalue weighted by molar-refractivity contribution is 6.32. The quantitative estimate of drug-likeness (QED) is 0.873. The first-order valence-electron chi connectivity index (χ1n) is 6.53. The summed E-state index contributed by atoms with van der Waals surface area (Å²) in [5.74, 6) is 0.307. The third kappa shape index (κ3) is 3.35. The predicted octanol–water partition coefficient (Wildman–Crippen LogP) is 2.31. The van der Waals surface area contributed by atoms with Gasteiger partial charge in [0.25, 0.3) is 0 Å². The molecule has 1 aliphatic rings. The molecule has 2 rings (SSSR count). The Kier molecular flexibility index (Phi) is 4.73. The van der Waals surface area contributed by atoms with Crippen molar-refractivity contribution in [2.45, 2.75) is 26.4 Å². The average Bonchev–Trinajstić information content (AvgIpc) is 2.38. The molecule has 0 fully saturated rings. The molecule has 0 unspecified atom stereocenters. The van der Waals surface area contributed by atoms with Crippen LogP contribution in [0.4, 0.5) is 0 Å². The van der Waals surface area contributed by atoms with Gasteiger partial charge in [-0.25, -0.2) is 0 Å². The number of carboxylic acid groups (broad SMARTS) is 1. The van der Waals surface area contributed by atoms with Gasteiger partial charge in [0.2, 0.25) is 0 Å². The van der Waals surface area contributed by atoms with Crippen LogP contribution in [0.25, 0.3) is 0 Å². The van der Waals surface area contributed by atoms with Gasteiger partial charge in [-0.15, -0.1) is 0 Å². The summed E-state index contributed by atoms with van der Waals surface area (Å²) < 4.78 is 10.9. The van der Waals surface area contributed by atoms with E-state index in [0.29, 0.717) is 36.3 Å². The molecule has 1 aromatic rings. The van der Waals surface area contributed by atoms with Crippen molar-refractivity contribution in [1.82, 2.24) is 5.32 Å². The van der Waals surface area contributed by atoms with Crippen LogP contribution in [0.1, 0.15) is 19.4 Å². The molecule has 0 bridgehead atoms. The number of benzene rings is 1. The molecule has 0 radical (unpaired) electrons. The topological polar surface area (TPSA) is 67.8 Å². The summed E-state index contributed by atoms with van der Waals surface area (Å²) >= 11 is 6.14. The molecule has 5 nitrogen and oxygen atoms in total. The van der Waals surface area contributed by atoms with Crippen molar-refractivity contribution >= 4 is 17.6 Å². The van der Waals surface area contributed by atoms with Crippen LogP contribution in [-0.4, -0.2) is 30.3 Å². The fourth-order valence-corrected chi connectivity index (χ4v) is 2.39. The fraction of sp³-hybridized carbons (Fsp3) is 0.500. The maximum Gasteiger partial charge on any atom is 0.320 e. The Labute approximate surface area is 122 Å². The van der Waals surface area contributed by atoms with Crippen LogP contribution in [0.3, 0.4) is 0 Å². The van der Waals surface area contributed by atoms with E-state index in [2.05, 4.69) is 5.32 Å². The molecule has 0 spiro atoms. The maximum absolute atomic E-state index is 11.1. The molecule has 0 aromatic heterocycles. The molecule has 6 heteroatoms. The summed E-state index contributed by atoms with van der Waals surface area (Å²) in [5, 5.41) is 12.6. The Hall–Kier alpha value is -1.46. The van der Waals surface area contributed by atoms with Crippen LogP contribution >= 0.6 is 11.6 Å². The van der Waals surface area contributed by atoms with E-state index in [1.807, 2.05) is 19.9 Å². The number of fused-ring (bicyclic) bond motifs is 1. The van der Waals surface area contributed by atoms with Crippen LogP contribution in [0.2, 0.25) is 5.02 Å². The van der Waals surface area contributed by atoms with E-state index in [0.717, 1.165) is 5.56 Å². The molecule has 1 heterocycles. The Morgan fingerprint density at radius 2 is 2.10 bits per heavy atom. The van der Waals surface area contributed by atoms with Gasteiger partial charge in [0.05, 0.1) is 5.02 Å². The second-order valence-electron chi connectivity index (χ2n) is 5.04. The van der Waals surface area contributed by atoms with Gasteiger partial charge in [-0.3, -0.25) is 4.79 Å². The van der Waals surface area contributed by atoms with Gasteiger partial charge in [0.1, 0.15) is 19.3 Å². The predicted molar refractivity (Wildman–Crippen MR) is 75.5 cm³/mol. The summed E-state index contributed by atoms with van der Waals surface area (Å²) in [4.78, 5) is 11.1. The lowest BCUT2D eigenvalue weighted by Gasteiger charge is -2.21. The SMILES string of the molecule is CC(C)[C@@H](NCc1cc(Cl)c2c(c1)OCCO2)C(=O)O. The summed E-state index contributed by atoms with van der Waals surface area (Å²) in [6.07, 6.45) is 0. The third-order valence-electron chi connectivity index (χ3n) is 3.12. The van der Waals surface area contributed by atoms with Crippen LogP contribution in [0.15, 0.2) is 12.1 Å². The van der Waals surface area contributed by atoms with E-state index >= 15 is 0 Å². The van der Waals surface area contributed by atoms with Gasteiger partial charge in [0.15, 0.2) is 11.5 Å². The first kappa shape index (κ1) is 14.9. The standard InChI is InChI=1S/C14H18ClNO4/c1-8(2)12(14(17)18)16-7-9-5-10(15)13-11(6-9)19-3-4-20-13/h5-6,8,12,16H,3-4,7H2,1-2H3,(H,17,18)/t12-/m1/s1. The number of aliphatic carboxylic acids is 1. The summed E-state index contributed by atoms with van der Waals surface area (Å²) in [7, 11) is 0. The number of hydrogen-bond donors (Lipinski definition) is 2. The van der Waals surface area contributed by atoms with Gasteiger partial charge in [0, 0.05) is 6.54 Å². The second-order valence-corrected chi connectivity index (χ2v) is 5.45. The number of carbonyl (C=O) groups is 1. The Bertz CT molecular complexity index is 504. The minimum absolute atomic E-state index is 0.000169. The van der Waals surface area contributed by atoms with E-state index in [1.165, 1.54) is 0 Å². The van der Waals surface area contributed by atoms with E-state index in [4.69, 9.17) is 26.2 Å². The monoisotopic (exact) mass is 299 g/mol. The lowest BCUT2D eigenvalue weighted by Crippen LogP contribution is -2.40. The molecular formula is C14H18ClNO4. The molecule has 1 atom stereocenters. The summed E-state index contributed by atoms with van der Waals surface area (Å²) in [5.41, 5.74) is 0.867. The number of rotatable bonds is 5. The van der Waals surface area contributed by atoms with Crippen LogP contribution < -0.4 is 14.8 Å². The van der Waals surface area contributed by atoms with E-state index in [-0.39, 0.29) is 5.92 Å². The van der Waals surface area contributed by atoms with Crippen LogP contribution in [0.5, 0.6) is 11.5 Å². The van der Waals surface area contributed by atoms with Gasteiger partial charge in [-0.05, 0) is 23.6 Å². The number of nitrogens with one attached hydrogen (secondary N) is 1. The normalized spacial score (nSPS) is 15.2. The molecule has 0 aliphatic carbocycles. The molecular weight excluding hydrogens is 282 g/mol. The van der Waals surface area contributed by atoms with Crippen molar-refractivity contribution in [3.05, 3.63) is 22.7 Å². The minimum atomic E-state index is -0.858. The maximum atomic E-state index is 11.1. The number of hydrogen-bond acceptors (Lipinski definition) is 4. The van der Waals surface area contributed by atoms with Crippen molar-refractivity contribution in [3.63, 3.8) is 0 Å². The first-order valence-corrected chi connectivity index (χ1v) is 6.91. The molecule has 1 aliphatic heterocycles. The smallest absolute Gasteiger partial charge is 0.320 e. The lowest BCUT2D eigenvalue weighted by molar-refractivity contribution is -0.140. The first-order chi connectivity index (χ1) is 9.49. The Morgan fingerprint density at radius 3 is 2.75 bits per heavy atom. The fourth-order valence-electron chi connectivity index (χ4n) is 2.10. The Balaban J connectivity index is 2.10. The molecule has 0 saturated carbocycles. The summed E-state index contributed by atoms with van der Waals surface area (Å²) in [6, 6.07) is 3.00. The number of carboxylic acids is 1. The third-order valence-corrected chi connectivity index (χ3v) is 3.40. The van der Waals surface area contributed by atoms with Gasteiger partial charge in [-0.2, -0.15) is 0 Å². The zero-order valence-corrected chi connectivity index (χ0v) is 12.2. The highest BCUT2D eigenvalue weighted by atomic mass is 35.5. The summed E-state index contributed by atoms with van der Waals surface area (Å²) in [6.45, 7) is 5.11. The zero-order valence-electron chi connectivity index (χ0n) is 11.5. The van der Waals surface area contributed by atoms with Crippen LogP contribution in [-0.2, 0) is 11.3 Å². The molecule has 0 amide bonds. The number of ether oxygens (including phenoxy) is 2. The van der Waals surface area contributed by atoms with Crippen LogP contribution in [0, 0.1) is 5.92 Å². The van der Waals surface area contributed by atoms with Gasteiger partial charge < -0.3 is 19.9 Å². The second kappa shape index (κ2) is 6.33. The highest BCUT2D eigenvalue weighted by Gasteiger charge is 2.21. The zero-order chi connectivity index (χ0) is 14.7. The van der Waals surface area contributed by atoms with Crippen molar-refractivity contribution in [2.24, 2.45) is 5.92 Å². The van der Waals surface area contributed by atoms with Crippen molar-refractivity contribution in [2.75, 3.05) is 13.2 Å². The number of halogens is 1. The molecule has 110 valence electrons. The van der Waals surface area contributed by atoms with E-state index < -0.39 is 12.0 Å². The van der Waals surface area contributed by atoms with Crippen molar-refractivity contribution in [3.8, 4) is 11.5 Å². The molecule has 1 aromatic carbocycles. The largest absolute Gasteiger partial charge is 0.486 e. The molecule has 0 saturated heterocycles. The van der Waals surface area contributed by atoms with Gasteiger partial charge >= 0.3 is 5.97 Å². The minimum Gasteiger partial charge on any atom is -0.486 e. The van der Waals surface area contributed by atoms with E-state index in [9.17, 15) is 4.79 Å². The lowest BCUT2D eigenvalue weighted by atomic mass is 10.0. The highest BCUT2D eigenvalue weighted by Crippen LogP contribution is 2.38. The Morgan fingerprint density at radius 1 is 1.40 bits per heavy atom. The van der Waals surface area contributed by atoms with Crippen molar-refractivity contribution < 1.29 is 19.4 Å². The molecule has 20 heavy (non-hydrogen) atoms. The van der Waals surface area contributed by atoms with E-state index in [1.54, 1.807) is 6.07 Å². The molecule has 2 N–H and O–H groups in total. The van der Waals surface area contributed by atoms with Gasteiger partial charge in [-0.1, -0.05) is 25.4 Å².